The van der Waals surface area contributed by atoms with Gasteiger partial charge in [-0.1, -0.05) is 11.6 Å². The number of hydrogen-bond acceptors (Lipinski definition) is 6. The molecule has 1 aliphatic heterocycles. The van der Waals surface area contributed by atoms with E-state index in [2.05, 4.69) is 15.3 Å². The molecule has 1 aromatic carbocycles. The normalized spacial score (nSPS) is 14.9. The molecule has 32 heavy (non-hydrogen) atoms. The van der Waals surface area contributed by atoms with Crippen molar-refractivity contribution in [2.45, 2.75) is 44.6 Å². The topological polar surface area (TPSA) is 95.2 Å². The Balaban J connectivity index is 1.39. The Kier molecular flexibility index (Phi) is 6.60. The summed E-state index contributed by atoms with van der Waals surface area (Å²) in [6.07, 6.45) is 1.35. The molecule has 10 heteroatoms. The minimum absolute atomic E-state index is 0.0615. The molecule has 1 saturated heterocycles. The summed E-state index contributed by atoms with van der Waals surface area (Å²) in [5.41, 5.74) is 2.06. The number of H-pyrrole nitrogens is 1. The molecule has 168 valence electrons. The summed E-state index contributed by atoms with van der Waals surface area (Å²) < 4.78 is 0. The molecule has 2 amide bonds. The molecule has 3 heterocycles. The molecule has 7 nitrogen and oxygen atoms in total. The molecule has 1 atom stereocenters. The van der Waals surface area contributed by atoms with Crippen LogP contribution in [0.2, 0.25) is 5.02 Å². The minimum atomic E-state index is -0.374. The highest BCUT2D eigenvalue weighted by Gasteiger charge is 2.24. The first-order valence-corrected chi connectivity index (χ1v) is 12.5. The third kappa shape index (κ3) is 4.55. The first-order valence-electron chi connectivity index (χ1n) is 10.3. The number of aryl methyl sites for hydroxylation is 2. The number of benzene rings is 1. The third-order valence-electron chi connectivity index (χ3n) is 5.51. The molecule has 1 fully saturated rings. The first-order chi connectivity index (χ1) is 15.2. The van der Waals surface area contributed by atoms with Crippen LogP contribution in [-0.4, -0.2) is 33.6 Å². The number of thioether (sulfide) groups is 1. The second kappa shape index (κ2) is 9.25. The van der Waals surface area contributed by atoms with Crippen LogP contribution in [0.25, 0.3) is 10.2 Å². The maximum atomic E-state index is 12.6. The van der Waals surface area contributed by atoms with E-state index in [0.29, 0.717) is 46.3 Å². The monoisotopic (exact) mass is 490 g/mol. The molecule has 0 aliphatic carbocycles. The van der Waals surface area contributed by atoms with Gasteiger partial charge in [-0.2, -0.15) is 0 Å². The van der Waals surface area contributed by atoms with Gasteiger partial charge in [0.2, 0.25) is 11.8 Å². The first kappa shape index (κ1) is 22.8. The maximum absolute atomic E-state index is 12.6. The molecule has 4 rings (SSSR count). The van der Waals surface area contributed by atoms with Crippen molar-refractivity contribution in [1.29, 1.82) is 0 Å². The lowest BCUT2D eigenvalue weighted by Crippen LogP contribution is -2.25. The molecule has 2 N–H and O–H groups in total. The van der Waals surface area contributed by atoms with Gasteiger partial charge in [0, 0.05) is 23.5 Å². The average Bonchev–Trinajstić information content (AvgIpc) is 3.29. The van der Waals surface area contributed by atoms with Crippen molar-refractivity contribution in [1.82, 2.24) is 9.97 Å². The number of rotatable bonds is 6. The molecular formula is C22H23ClN4O3S2. The van der Waals surface area contributed by atoms with Gasteiger partial charge < -0.3 is 15.2 Å². The Morgan fingerprint density at radius 2 is 2.16 bits per heavy atom. The molecule has 0 spiro atoms. The van der Waals surface area contributed by atoms with E-state index < -0.39 is 0 Å². The summed E-state index contributed by atoms with van der Waals surface area (Å²) in [4.78, 5) is 47.9. The van der Waals surface area contributed by atoms with E-state index in [-0.39, 0.29) is 22.6 Å². The second-order valence-corrected chi connectivity index (χ2v) is 10.7. The van der Waals surface area contributed by atoms with Crippen molar-refractivity contribution in [2.24, 2.45) is 0 Å². The van der Waals surface area contributed by atoms with Crippen molar-refractivity contribution < 1.29 is 9.59 Å². The van der Waals surface area contributed by atoms with E-state index in [0.717, 1.165) is 21.7 Å². The Hall–Kier alpha value is -2.36. The number of thiophene rings is 1. The zero-order valence-corrected chi connectivity index (χ0v) is 20.3. The number of fused-ring (bicyclic) bond motifs is 1. The summed E-state index contributed by atoms with van der Waals surface area (Å²) in [6, 6.07) is 5.16. The number of aromatic amines is 1. The van der Waals surface area contributed by atoms with Crippen molar-refractivity contribution in [3.63, 3.8) is 0 Å². The van der Waals surface area contributed by atoms with Crippen molar-refractivity contribution in [3.05, 3.63) is 49.8 Å². The lowest BCUT2D eigenvalue weighted by Gasteiger charge is -2.18. The minimum Gasteiger partial charge on any atom is -0.325 e. The van der Waals surface area contributed by atoms with Gasteiger partial charge in [0.15, 0.2) is 0 Å². The summed E-state index contributed by atoms with van der Waals surface area (Å²) in [6.45, 7) is 6.36. The fraction of sp³-hybridized carbons (Fsp3) is 0.364. The molecular weight excluding hydrogens is 468 g/mol. The van der Waals surface area contributed by atoms with Crippen LogP contribution in [-0.2, 0) is 15.3 Å². The SMILES string of the molecule is Cc1sc2nc(CSC(C)C(=O)Nc3ccc(N4CCCC4=O)c(Cl)c3)[nH]c(=O)c2c1C. The van der Waals surface area contributed by atoms with Crippen LogP contribution < -0.4 is 15.8 Å². The van der Waals surface area contributed by atoms with E-state index in [1.54, 1.807) is 30.0 Å². The van der Waals surface area contributed by atoms with E-state index in [9.17, 15) is 14.4 Å². The lowest BCUT2D eigenvalue weighted by molar-refractivity contribution is -0.117. The van der Waals surface area contributed by atoms with Crippen LogP contribution in [0, 0.1) is 13.8 Å². The Labute approximate surface area is 198 Å². The van der Waals surface area contributed by atoms with Crippen molar-refractivity contribution in [2.75, 3.05) is 16.8 Å². The number of amides is 2. The van der Waals surface area contributed by atoms with E-state index >= 15 is 0 Å². The third-order valence-corrected chi connectivity index (χ3v) is 8.06. The summed E-state index contributed by atoms with van der Waals surface area (Å²) >= 11 is 9.25. The van der Waals surface area contributed by atoms with Gasteiger partial charge in [-0.25, -0.2) is 4.98 Å². The Bertz CT molecular complexity index is 1270. The number of aromatic nitrogens is 2. The van der Waals surface area contributed by atoms with Gasteiger partial charge >= 0.3 is 0 Å². The number of carbonyl (C=O) groups is 2. The molecule has 3 aromatic rings. The molecule has 0 saturated carbocycles. The van der Waals surface area contributed by atoms with Crippen LogP contribution in [0.1, 0.15) is 36.0 Å². The van der Waals surface area contributed by atoms with Gasteiger partial charge in [0.05, 0.1) is 27.1 Å². The van der Waals surface area contributed by atoms with Crippen LogP contribution >= 0.6 is 34.7 Å². The van der Waals surface area contributed by atoms with E-state index in [4.69, 9.17) is 11.6 Å². The van der Waals surface area contributed by atoms with Crippen LogP contribution in [0.3, 0.4) is 0 Å². The highest BCUT2D eigenvalue weighted by molar-refractivity contribution is 7.99. The number of halogens is 1. The van der Waals surface area contributed by atoms with Gasteiger partial charge in [-0.15, -0.1) is 23.1 Å². The highest BCUT2D eigenvalue weighted by Crippen LogP contribution is 2.32. The molecule has 0 bridgehead atoms. The number of carbonyl (C=O) groups excluding carboxylic acids is 2. The van der Waals surface area contributed by atoms with Gasteiger partial charge in [0.25, 0.3) is 5.56 Å². The van der Waals surface area contributed by atoms with Crippen LogP contribution in [0.15, 0.2) is 23.0 Å². The number of nitrogens with zero attached hydrogens (tertiary/aromatic N) is 2. The molecule has 0 radical (unpaired) electrons. The predicted molar refractivity (Wildman–Crippen MR) is 132 cm³/mol. The number of anilines is 2. The molecule has 1 unspecified atom stereocenters. The fourth-order valence-corrected chi connectivity index (χ4v) is 5.68. The summed E-state index contributed by atoms with van der Waals surface area (Å²) in [5.74, 6) is 0.844. The molecule has 1 aliphatic rings. The van der Waals surface area contributed by atoms with E-state index in [1.165, 1.54) is 23.1 Å². The second-order valence-electron chi connectivity index (χ2n) is 7.73. The fourth-order valence-electron chi connectivity index (χ4n) is 3.60. The standard InChI is InChI=1S/C22H23ClN4O3S2/c1-11-12(2)32-22-19(11)21(30)25-17(26-22)10-31-13(3)20(29)24-14-6-7-16(15(23)9-14)27-8-4-5-18(27)28/h6-7,9,13H,4-5,8,10H2,1-3H3,(H,24,29)(H,25,26,30). The van der Waals surface area contributed by atoms with Crippen LogP contribution in [0.5, 0.6) is 0 Å². The van der Waals surface area contributed by atoms with E-state index in [1.807, 2.05) is 13.8 Å². The Morgan fingerprint density at radius 1 is 1.38 bits per heavy atom. The average molecular weight is 491 g/mol. The van der Waals surface area contributed by atoms with Crippen molar-refractivity contribution >= 4 is 68.1 Å². The predicted octanol–water partition coefficient (Wildman–Crippen LogP) is 4.64. The van der Waals surface area contributed by atoms with Gasteiger partial charge in [0.1, 0.15) is 10.7 Å². The zero-order valence-electron chi connectivity index (χ0n) is 18.0. The molecule has 2 aromatic heterocycles. The highest BCUT2D eigenvalue weighted by atomic mass is 35.5. The smallest absolute Gasteiger partial charge is 0.259 e. The lowest BCUT2D eigenvalue weighted by atomic mass is 10.2. The summed E-state index contributed by atoms with van der Waals surface area (Å²) in [7, 11) is 0. The largest absolute Gasteiger partial charge is 0.325 e. The number of hydrogen-bond donors (Lipinski definition) is 2. The Morgan fingerprint density at radius 3 is 2.84 bits per heavy atom. The quantitative estimate of drug-likeness (QED) is 0.524. The van der Waals surface area contributed by atoms with Crippen molar-refractivity contribution in [3.8, 4) is 0 Å². The van der Waals surface area contributed by atoms with Crippen LogP contribution in [0.4, 0.5) is 11.4 Å². The summed E-state index contributed by atoms with van der Waals surface area (Å²) in [5, 5.41) is 3.56. The maximum Gasteiger partial charge on any atom is 0.259 e. The zero-order chi connectivity index (χ0) is 23.0. The number of nitrogens with one attached hydrogen (secondary N) is 2. The van der Waals surface area contributed by atoms with Gasteiger partial charge in [-0.3, -0.25) is 14.4 Å². The van der Waals surface area contributed by atoms with Gasteiger partial charge in [-0.05, 0) is 51.0 Å².